The Morgan fingerprint density at radius 2 is 2.10 bits per heavy atom. The molecule has 0 unspecified atom stereocenters. The van der Waals surface area contributed by atoms with Crippen molar-refractivity contribution >= 4 is 48.7 Å². The van der Waals surface area contributed by atoms with Crippen molar-refractivity contribution in [3.05, 3.63) is 44.8 Å². The van der Waals surface area contributed by atoms with Crippen LogP contribution in [0.25, 0.3) is 0 Å². The fraction of sp³-hybridized carbons (Fsp3) is 0.167. The summed E-state index contributed by atoms with van der Waals surface area (Å²) < 4.78 is 39.0. The van der Waals surface area contributed by atoms with Crippen molar-refractivity contribution in [1.82, 2.24) is 0 Å². The second-order valence-electron chi connectivity index (χ2n) is 4.15. The first-order chi connectivity index (χ1) is 9.33. The van der Waals surface area contributed by atoms with E-state index in [1.54, 1.807) is 17.4 Å². The van der Waals surface area contributed by atoms with E-state index in [4.69, 9.17) is 0 Å². The van der Waals surface area contributed by atoms with Gasteiger partial charge in [-0.15, -0.1) is 11.3 Å². The number of benzene rings is 1. The summed E-state index contributed by atoms with van der Waals surface area (Å²) >= 11 is 4.96. The molecular formula is C12H12BrFN2O2S2. The van der Waals surface area contributed by atoms with E-state index in [9.17, 15) is 12.8 Å². The normalized spacial score (nSPS) is 11.3. The Morgan fingerprint density at radius 1 is 1.35 bits per heavy atom. The van der Waals surface area contributed by atoms with Gasteiger partial charge in [0.1, 0.15) is 5.82 Å². The highest BCUT2D eigenvalue weighted by Gasteiger charge is 2.08. The zero-order chi connectivity index (χ0) is 14.8. The van der Waals surface area contributed by atoms with E-state index in [0.717, 1.165) is 15.6 Å². The Labute approximate surface area is 129 Å². The molecule has 0 bridgehead atoms. The Hall–Kier alpha value is -1.12. The van der Waals surface area contributed by atoms with Crippen LogP contribution < -0.4 is 10.0 Å². The van der Waals surface area contributed by atoms with Crippen molar-refractivity contribution in [2.45, 2.75) is 6.54 Å². The van der Waals surface area contributed by atoms with Gasteiger partial charge < -0.3 is 5.32 Å². The average Bonchev–Trinajstić information content (AvgIpc) is 2.74. The fourth-order valence-corrected chi connectivity index (χ4v) is 3.50. The third kappa shape index (κ3) is 4.46. The van der Waals surface area contributed by atoms with Crippen molar-refractivity contribution in [3.63, 3.8) is 0 Å². The summed E-state index contributed by atoms with van der Waals surface area (Å²) in [6.45, 7) is 0.584. The first-order valence-electron chi connectivity index (χ1n) is 5.57. The van der Waals surface area contributed by atoms with E-state index < -0.39 is 15.8 Å². The van der Waals surface area contributed by atoms with E-state index in [-0.39, 0.29) is 5.69 Å². The Morgan fingerprint density at radius 3 is 2.70 bits per heavy atom. The number of rotatable bonds is 5. The molecule has 108 valence electrons. The maximum Gasteiger partial charge on any atom is 0.229 e. The standard InChI is InChI=1S/C12H12BrFN2O2S2/c1-20(17,18)16-12-5-9(2-3-11(12)14)15-6-10-4-8(13)7-19-10/h2-5,7,15-16H,6H2,1H3. The van der Waals surface area contributed by atoms with E-state index in [1.165, 1.54) is 12.1 Å². The van der Waals surface area contributed by atoms with Crippen molar-refractivity contribution in [1.29, 1.82) is 0 Å². The van der Waals surface area contributed by atoms with Crippen LogP contribution in [0.15, 0.2) is 34.1 Å². The predicted molar refractivity (Wildman–Crippen MR) is 84.2 cm³/mol. The molecule has 0 aliphatic rings. The van der Waals surface area contributed by atoms with Crippen molar-refractivity contribution in [3.8, 4) is 0 Å². The van der Waals surface area contributed by atoms with Gasteiger partial charge >= 0.3 is 0 Å². The molecule has 1 aromatic carbocycles. The summed E-state index contributed by atoms with van der Waals surface area (Å²) in [6, 6.07) is 6.20. The molecule has 0 atom stereocenters. The smallest absolute Gasteiger partial charge is 0.229 e. The highest BCUT2D eigenvalue weighted by molar-refractivity contribution is 9.10. The monoisotopic (exact) mass is 378 g/mol. The van der Waals surface area contributed by atoms with Gasteiger partial charge in [0, 0.05) is 27.0 Å². The van der Waals surface area contributed by atoms with Gasteiger partial charge in [-0.2, -0.15) is 0 Å². The van der Waals surface area contributed by atoms with Crippen LogP contribution in [-0.2, 0) is 16.6 Å². The summed E-state index contributed by atoms with van der Waals surface area (Å²) in [6.07, 6.45) is 0.982. The zero-order valence-corrected chi connectivity index (χ0v) is 13.7. The number of anilines is 2. The van der Waals surface area contributed by atoms with Crippen LogP contribution in [0.1, 0.15) is 4.88 Å². The average molecular weight is 379 g/mol. The lowest BCUT2D eigenvalue weighted by atomic mass is 10.2. The molecule has 0 saturated heterocycles. The third-order valence-corrected chi connectivity index (χ3v) is 4.64. The van der Waals surface area contributed by atoms with Gasteiger partial charge in [0.25, 0.3) is 0 Å². The van der Waals surface area contributed by atoms with Gasteiger partial charge in [0.05, 0.1) is 11.9 Å². The van der Waals surface area contributed by atoms with Gasteiger partial charge in [-0.25, -0.2) is 12.8 Å². The number of halogens is 2. The lowest BCUT2D eigenvalue weighted by molar-refractivity contribution is 0.604. The summed E-state index contributed by atoms with van der Waals surface area (Å²) in [5.41, 5.74) is 0.576. The minimum Gasteiger partial charge on any atom is -0.380 e. The molecule has 2 N–H and O–H groups in total. The molecule has 0 aliphatic carbocycles. The maximum atomic E-state index is 13.5. The molecule has 0 saturated carbocycles. The number of sulfonamides is 1. The molecule has 0 radical (unpaired) electrons. The first-order valence-corrected chi connectivity index (χ1v) is 9.14. The Bertz CT molecular complexity index is 716. The van der Waals surface area contributed by atoms with Crippen LogP contribution in [0.2, 0.25) is 0 Å². The van der Waals surface area contributed by atoms with Gasteiger partial charge in [0.15, 0.2) is 0 Å². The maximum absolute atomic E-state index is 13.5. The minimum absolute atomic E-state index is 0.0649. The number of hydrogen-bond donors (Lipinski definition) is 2. The van der Waals surface area contributed by atoms with Gasteiger partial charge in [-0.1, -0.05) is 0 Å². The van der Waals surface area contributed by atoms with Crippen molar-refractivity contribution < 1.29 is 12.8 Å². The quantitative estimate of drug-likeness (QED) is 0.834. The number of nitrogens with one attached hydrogen (secondary N) is 2. The topological polar surface area (TPSA) is 58.2 Å². The SMILES string of the molecule is CS(=O)(=O)Nc1cc(NCc2cc(Br)cs2)ccc1F. The summed E-state index contributed by atoms with van der Waals surface area (Å²) in [5.74, 6) is -0.611. The molecule has 4 nitrogen and oxygen atoms in total. The summed E-state index contributed by atoms with van der Waals surface area (Å²) in [7, 11) is -3.50. The molecule has 20 heavy (non-hydrogen) atoms. The molecule has 2 rings (SSSR count). The van der Waals surface area contributed by atoms with Gasteiger partial charge in [-0.3, -0.25) is 4.72 Å². The number of hydrogen-bond acceptors (Lipinski definition) is 4. The Balaban J connectivity index is 2.11. The van der Waals surface area contributed by atoms with Crippen LogP contribution in [0.3, 0.4) is 0 Å². The predicted octanol–water partition coefficient (Wildman–Crippen LogP) is 3.63. The first kappa shape index (κ1) is 15.3. The van der Waals surface area contributed by atoms with Crippen molar-refractivity contribution in [2.24, 2.45) is 0 Å². The van der Waals surface area contributed by atoms with Crippen LogP contribution in [0, 0.1) is 5.82 Å². The molecule has 0 aliphatic heterocycles. The van der Waals surface area contributed by atoms with Crippen molar-refractivity contribution in [2.75, 3.05) is 16.3 Å². The second-order valence-corrected chi connectivity index (χ2v) is 7.81. The van der Waals surface area contributed by atoms with Gasteiger partial charge in [-0.05, 0) is 40.2 Å². The molecule has 1 heterocycles. The Kier molecular flexibility index (Phi) is 4.66. The molecular weight excluding hydrogens is 367 g/mol. The lowest BCUT2D eigenvalue weighted by Crippen LogP contribution is -2.11. The highest BCUT2D eigenvalue weighted by Crippen LogP contribution is 2.23. The molecule has 0 fully saturated rings. The molecule has 1 aromatic heterocycles. The minimum atomic E-state index is -3.50. The largest absolute Gasteiger partial charge is 0.380 e. The van der Waals surface area contributed by atoms with Gasteiger partial charge in [0.2, 0.25) is 10.0 Å². The van der Waals surface area contributed by atoms with E-state index in [1.807, 2.05) is 11.4 Å². The summed E-state index contributed by atoms with van der Waals surface area (Å²) in [5, 5.41) is 5.09. The highest BCUT2D eigenvalue weighted by atomic mass is 79.9. The zero-order valence-electron chi connectivity index (χ0n) is 10.5. The molecule has 2 aromatic rings. The van der Waals surface area contributed by atoms with Crippen LogP contribution in [0.4, 0.5) is 15.8 Å². The van der Waals surface area contributed by atoms with Crippen LogP contribution >= 0.6 is 27.3 Å². The van der Waals surface area contributed by atoms with E-state index >= 15 is 0 Å². The second kappa shape index (κ2) is 6.11. The number of thiophene rings is 1. The van der Waals surface area contributed by atoms with Crippen LogP contribution in [-0.4, -0.2) is 14.7 Å². The molecule has 0 amide bonds. The van der Waals surface area contributed by atoms with E-state index in [0.29, 0.717) is 12.2 Å². The fourth-order valence-electron chi connectivity index (χ4n) is 1.55. The lowest BCUT2D eigenvalue weighted by Gasteiger charge is -2.09. The van der Waals surface area contributed by atoms with E-state index in [2.05, 4.69) is 26.0 Å². The molecule has 8 heteroatoms. The summed E-state index contributed by atoms with van der Waals surface area (Å²) in [4.78, 5) is 1.11. The molecule has 0 spiro atoms. The van der Waals surface area contributed by atoms with Crippen LogP contribution in [0.5, 0.6) is 0 Å². The third-order valence-electron chi connectivity index (χ3n) is 2.35.